The molecule has 4 nitrogen and oxygen atoms in total. The summed E-state index contributed by atoms with van der Waals surface area (Å²) in [7, 11) is 0. The number of rotatable bonds is 6. The fourth-order valence-electron chi connectivity index (χ4n) is 1.38. The van der Waals surface area contributed by atoms with Crippen LogP contribution in [0.25, 0.3) is 0 Å². The van der Waals surface area contributed by atoms with Crippen LogP contribution >= 0.6 is 24.0 Å². The summed E-state index contributed by atoms with van der Waals surface area (Å²) in [5.74, 6) is 2.28. The Balaban J connectivity index is 2.68. The van der Waals surface area contributed by atoms with E-state index in [4.69, 9.17) is 18.0 Å². The molecule has 0 aliphatic heterocycles. The molecule has 94 valence electrons. The zero-order valence-corrected chi connectivity index (χ0v) is 12.0. The zero-order chi connectivity index (χ0) is 12.8. The van der Waals surface area contributed by atoms with Crippen molar-refractivity contribution in [2.75, 3.05) is 23.9 Å². The Morgan fingerprint density at radius 1 is 1.59 bits per heavy atom. The average Bonchev–Trinajstić information content (AvgIpc) is 2.26. The van der Waals surface area contributed by atoms with E-state index >= 15 is 0 Å². The number of nitrogens with zero attached hydrogens (tertiary/aromatic N) is 2. The highest BCUT2D eigenvalue weighted by Gasteiger charge is 2.06. The van der Waals surface area contributed by atoms with Gasteiger partial charge in [0.15, 0.2) is 0 Å². The maximum atomic E-state index is 5.57. The van der Waals surface area contributed by atoms with Crippen molar-refractivity contribution in [3.8, 4) is 0 Å². The van der Waals surface area contributed by atoms with E-state index in [2.05, 4.69) is 28.5 Å². The van der Waals surface area contributed by atoms with Crippen LogP contribution in [0, 0.1) is 12.8 Å². The number of thioether (sulfide) groups is 1. The summed E-state index contributed by atoms with van der Waals surface area (Å²) in [6, 6.07) is 1.79. The second-order valence-corrected chi connectivity index (χ2v) is 5.37. The van der Waals surface area contributed by atoms with Crippen LogP contribution < -0.4 is 11.1 Å². The van der Waals surface area contributed by atoms with E-state index in [0.717, 1.165) is 18.0 Å². The topological polar surface area (TPSA) is 63.8 Å². The van der Waals surface area contributed by atoms with Gasteiger partial charge in [0.25, 0.3) is 0 Å². The standard InChI is InChI=1S/C11H18N4S2/c1-7(6-17-3)5-13-11-14-8(2)4-9(15-11)10(12)16/h4,7H,5-6H2,1-3H3,(H2,12,16)(H,13,14,15). The first kappa shape index (κ1) is 14.2. The Morgan fingerprint density at radius 2 is 2.29 bits per heavy atom. The first-order chi connectivity index (χ1) is 8.02. The van der Waals surface area contributed by atoms with Crippen molar-refractivity contribution in [1.82, 2.24) is 9.97 Å². The molecule has 0 fully saturated rings. The number of hydrogen-bond donors (Lipinski definition) is 2. The van der Waals surface area contributed by atoms with E-state index in [0.29, 0.717) is 22.5 Å². The van der Waals surface area contributed by atoms with Gasteiger partial charge in [-0.2, -0.15) is 11.8 Å². The third kappa shape index (κ3) is 4.87. The van der Waals surface area contributed by atoms with Crippen LogP contribution in [0.15, 0.2) is 6.07 Å². The minimum atomic E-state index is 0.302. The van der Waals surface area contributed by atoms with Gasteiger partial charge >= 0.3 is 0 Å². The molecule has 0 aromatic carbocycles. The third-order valence-corrected chi connectivity index (χ3v) is 3.28. The number of aromatic nitrogens is 2. The summed E-state index contributed by atoms with van der Waals surface area (Å²) in [5, 5.41) is 3.21. The summed E-state index contributed by atoms with van der Waals surface area (Å²) >= 11 is 6.75. The van der Waals surface area contributed by atoms with Gasteiger partial charge in [-0.25, -0.2) is 9.97 Å². The van der Waals surface area contributed by atoms with Crippen molar-refractivity contribution in [3.63, 3.8) is 0 Å². The van der Waals surface area contributed by atoms with Gasteiger partial charge in [-0.3, -0.25) is 0 Å². The molecule has 0 amide bonds. The van der Waals surface area contributed by atoms with Gasteiger partial charge in [0, 0.05) is 12.2 Å². The van der Waals surface area contributed by atoms with Crippen LogP contribution in [0.2, 0.25) is 0 Å². The largest absolute Gasteiger partial charge is 0.388 e. The Kier molecular flexibility index (Phi) is 5.64. The summed E-state index contributed by atoms with van der Waals surface area (Å²) in [4.78, 5) is 8.88. The molecule has 6 heteroatoms. The molecule has 0 aliphatic carbocycles. The molecule has 0 saturated carbocycles. The van der Waals surface area contributed by atoms with Gasteiger partial charge in [0.2, 0.25) is 5.95 Å². The highest BCUT2D eigenvalue weighted by Crippen LogP contribution is 2.08. The second kappa shape index (κ2) is 6.76. The van der Waals surface area contributed by atoms with E-state index in [1.54, 1.807) is 6.07 Å². The Bertz CT molecular complexity index is 395. The first-order valence-corrected chi connectivity index (χ1v) is 7.21. The molecule has 1 atom stereocenters. The zero-order valence-electron chi connectivity index (χ0n) is 10.4. The van der Waals surface area contributed by atoms with Gasteiger partial charge in [0.05, 0.1) is 0 Å². The molecular weight excluding hydrogens is 252 g/mol. The fraction of sp³-hybridized carbons (Fsp3) is 0.545. The molecular formula is C11H18N4S2. The lowest BCUT2D eigenvalue weighted by Gasteiger charge is -2.12. The van der Waals surface area contributed by atoms with E-state index in [1.165, 1.54) is 0 Å². The van der Waals surface area contributed by atoms with E-state index in [-0.39, 0.29) is 0 Å². The van der Waals surface area contributed by atoms with Gasteiger partial charge in [-0.1, -0.05) is 19.1 Å². The summed E-state index contributed by atoms with van der Waals surface area (Å²) < 4.78 is 0. The van der Waals surface area contributed by atoms with E-state index in [9.17, 15) is 0 Å². The van der Waals surface area contributed by atoms with Crippen LogP contribution in [0.4, 0.5) is 5.95 Å². The maximum Gasteiger partial charge on any atom is 0.223 e. The number of anilines is 1. The lowest BCUT2D eigenvalue weighted by molar-refractivity contribution is 0.696. The molecule has 1 unspecified atom stereocenters. The van der Waals surface area contributed by atoms with Crippen molar-refractivity contribution >= 4 is 34.9 Å². The van der Waals surface area contributed by atoms with Crippen molar-refractivity contribution < 1.29 is 0 Å². The number of thiocarbonyl (C=S) groups is 1. The van der Waals surface area contributed by atoms with Gasteiger partial charge in [-0.05, 0) is 30.9 Å². The quantitative estimate of drug-likeness (QED) is 0.769. The smallest absolute Gasteiger partial charge is 0.223 e. The van der Waals surface area contributed by atoms with E-state index < -0.39 is 0 Å². The molecule has 0 saturated heterocycles. The molecule has 0 bridgehead atoms. The van der Waals surface area contributed by atoms with Gasteiger partial charge in [-0.15, -0.1) is 0 Å². The predicted molar refractivity (Wildman–Crippen MR) is 78.7 cm³/mol. The number of nitrogens with one attached hydrogen (secondary N) is 1. The third-order valence-electron chi connectivity index (χ3n) is 2.17. The Morgan fingerprint density at radius 3 is 2.88 bits per heavy atom. The molecule has 1 aromatic heterocycles. The second-order valence-electron chi connectivity index (χ2n) is 4.02. The molecule has 0 aliphatic rings. The van der Waals surface area contributed by atoms with Gasteiger partial charge in [0.1, 0.15) is 10.7 Å². The Labute approximate surface area is 112 Å². The minimum absolute atomic E-state index is 0.302. The predicted octanol–water partition coefficient (Wildman–Crippen LogP) is 1.83. The normalized spacial score (nSPS) is 12.2. The average molecular weight is 270 g/mol. The van der Waals surface area contributed by atoms with Gasteiger partial charge < -0.3 is 11.1 Å². The number of nitrogens with two attached hydrogens (primary N) is 1. The molecule has 1 rings (SSSR count). The van der Waals surface area contributed by atoms with Crippen LogP contribution in [0.5, 0.6) is 0 Å². The minimum Gasteiger partial charge on any atom is -0.388 e. The van der Waals surface area contributed by atoms with Crippen molar-refractivity contribution in [2.24, 2.45) is 11.7 Å². The van der Waals surface area contributed by atoms with E-state index in [1.807, 2.05) is 18.7 Å². The maximum absolute atomic E-state index is 5.57. The van der Waals surface area contributed by atoms with Crippen LogP contribution in [0.1, 0.15) is 18.3 Å². The molecule has 1 heterocycles. The molecule has 1 aromatic rings. The first-order valence-electron chi connectivity index (χ1n) is 5.41. The molecule has 3 N–H and O–H groups in total. The van der Waals surface area contributed by atoms with Crippen LogP contribution in [-0.4, -0.2) is 33.5 Å². The molecule has 17 heavy (non-hydrogen) atoms. The van der Waals surface area contributed by atoms with Crippen molar-refractivity contribution in [1.29, 1.82) is 0 Å². The number of aryl methyl sites for hydroxylation is 1. The Hall–Kier alpha value is -0.880. The summed E-state index contributed by atoms with van der Waals surface area (Å²) in [5.41, 5.74) is 7.05. The highest BCUT2D eigenvalue weighted by atomic mass is 32.2. The highest BCUT2D eigenvalue weighted by molar-refractivity contribution is 7.98. The fourth-order valence-corrected chi connectivity index (χ4v) is 2.17. The lowest BCUT2D eigenvalue weighted by Crippen LogP contribution is -2.18. The van der Waals surface area contributed by atoms with Crippen molar-refractivity contribution in [2.45, 2.75) is 13.8 Å². The molecule has 0 spiro atoms. The van der Waals surface area contributed by atoms with Crippen LogP contribution in [-0.2, 0) is 0 Å². The van der Waals surface area contributed by atoms with Crippen molar-refractivity contribution in [3.05, 3.63) is 17.5 Å². The number of hydrogen-bond acceptors (Lipinski definition) is 5. The monoisotopic (exact) mass is 270 g/mol. The lowest BCUT2D eigenvalue weighted by atomic mass is 10.2. The summed E-state index contributed by atoms with van der Waals surface area (Å²) in [6.07, 6.45) is 2.10. The SMILES string of the molecule is CSCC(C)CNc1nc(C)cc(C(N)=S)n1. The summed E-state index contributed by atoms with van der Waals surface area (Å²) in [6.45, 7) is 4.94. The van der Waals surface area contributed by atoms with Crippen LogP contribution in [0.3, 0.4) is 0 Å². The molecule has 0 radical (unpaired) electrons.